The van der Waals surface area contributed by atoms with Crippen LogP contribution in [0.2, 0.25) is 0 Å². The van der Waals surface area contributed by atoms with E-state index in [0.717, 1.165) is 29.5 Å². The van der Waals surface area contributed by atoms with Crippen molar-refractivity contribution < 1.29 is 5.11 Å². The van der Waals surface area contributed by atoms with E-state index in [0.29, 0.717) is 0 Å². The van der Waals surface area contributed by atoms with Crippen LogP contribution in [0.25, 0.3) is 10.8 Å². The van der Waals surface area contributed by atoms with E-state index in [-0.39, 0.29) is 0 Å². The number of nitrogens with zero attached hydrogens (tertiary/aromatic N) is 2. The molecule has 1 unspecified atom stereocenters. The minimum absolute atomic E-state index is 0.620. The van der Waals surface area contributed by atoms with Gasteiger partial charge in [-0.2, -0.15) is 5.10 Å². The monoisotopic (exact) mass is 266 g/mol. The molecule has 102 valence electrons. The number of aromatic nitrogens is 2. The minimum atomic E-state index is -0.620. The predicted molar refractivity (Wildman–Crippen MR) is 80.5 cm³/mol. The van der Waals surface area contributed by atoms with Crippen LogP contribution in [0.1, 0.15) is 30.6 Å². The summed E-state index contributed by atoms with van der Waals surface area (Å²) in [6.07, 6.45) is 4.08. The van der Waals surface area contributed by atoms with Crippen molar-refractivity contribution in [2.45, 2.75) is 26.0 Å². The number of rotatable bonds is 4. The second-order valence-corrected chi connectivity index (χ2v) is 5.05. The summed E-state index contributed by atoms with van der Waals surface area (Å²) >= 11 is 0. The molecule has 1 atom stereocenters. The first-order valence-corrected chi connectivity index (χ1v) is 6.97. The highest BCUT2D eigenvalue weighted by atomic mass is 16.3. The third kappa shape index (κ3) is 2.45. The van der Waals surface area contributed by atoms with E-state index in [1.54, 1.807) is 6.20 Å². The lowest BCUT2D eigenvalue weighted by Crippen LogP contribution is -1.99. The Bertz CT molecular complexity index is 718. The maximum absolute atomic E-state index is 10.5. The van der Waals surface area contributed by atoms with Gasteiger partial charge < -0.3 is 5.11 Å². The van der Waals surface area contributed by atoms with Gasteiger partial charge in [0.15, 0.2) is 0 Å². The number of hydrogen-bond acceptors (Lipinski definition) is 2. The van der Waals surface area contributed by atoms with Crippen molar-refractivity contribution in [3.8, 4) is 0 Å². The highest BCUT2D eigenvalue weighted by Gasteiger charge is 2.13. The van der Waals surface area contributed by atoms with E-state index in [1.807, 2.05) is 41.2 Å². The van der Waals surface area contributed by atoms with E-state index in [2.05, 4.69) is 24.2 Å². The molecule has 1 N–H and O–H groups in total. The average Bonchev–Trinajstić information content (AvgIpc) is 2.95. The molecule has 3 heteroatoms. The maximum atomic E-state index is 10.5. The summed E-state index contributed by atoms with van der Waals surface area (Å²) in [7, 11) is 0. The van der Waals surface area contributed by atoms with Crippen molar-refractivity contribution in [1.29, 1.82) is 0 Å². The van der Waals surface area contributed by atoms with Gasteiger partial charge in [-0.25, -0.2) is 0 Å². The molecule has 0 amide bonds. The first kappa shape index (κ1) is 12.9. The SMILES string of the molecule is CCCn1cc(C(O)c2ccc3ccccc3c2)cn1. The van der Waals surface area contributed by atoms with Gasteiger partial charge >= 0.3 is 0 Å². The van der Waals surface area contributed by atoms with E-state index in [4.69, 9.17) is 0 Å². The molecule has 3 rings (SSSR count). The van der Waals surface area contributed by atoms with Gasteiger partial charge in [0.05, 0.1) is 6.20 Å². The van der Waals surface area contributed by atoms with Gasteiger partial charge in [-0.3, -0.25) is 4.68 Å². The number of fused-ring (bicyclic) bond motifs is 1. The summed E-state index contributed by atoms with van der Waals surface area (Å²) < 4.78 is 1.87. The van der Waals surface area contributed by atoms with Gasteiger partial charge in [0.2, 0.25) is 0 Å². The largest absolute Gasteiger partial charge is 0.384 e. The Kier molecular flexibility index (Phi) is 3.52. The van der Waals surface area contributed by atoms with Gasteiger partial charge in [0.25, 0.3) is 0 Å². The highest BCUT2D eigenvalue weighted by molar-refractivity contribution is 5.83. The summed E-state index contributed by atoms with van der Waals surface area (Å²) in [5.74, 6) is 0. The predicted octanol–water partition coefficient (Wildman–Crippen LogP) is 3.53. The Labute approximate surface area is 118 Å². The van der Waals surface area contributed by atoms with Crippen molar-refractivity contribution >= 4 is 10.8 Å². The van der Waals surface area contributed by atoms with Crippen LogP contribution in [0.5, 0.6) is 0 Å². The molecule has 2 aromatic carbocycles. The molecule has 0 saturated heterocycles. The van der Waals surface area contributed by atoms with E-state index < -0.39 is 6.10 Å². The summed E-state index contributed by atoms with van der Waals surface area (Å²) in [5.41, 5.74) is 1.74. The number of benzene rings is 2. The molecule has 0 fully saturated rings. The zero-order chi connectivity index (χ0) is 13.9. The number of aliphatic hydroxyl groups excluding tert-OH is 1. The van der Waals surface area contributed by atoms with Crippen LogP contribution < -0.4 is 0 Å². The molecule has 3 nitrogen and oxygen atoms in total. The zero-order valence-electron chi connectivity index (χ0n) is 11.5. The first-order valence-electron chi connectivity index (χ1n) is 6.97. The minimum Gasteiger partial charge on any atom is -0.384 e. The number of aliphatic hydroxyl groups is 1. The van der Waals surface area contributed by atoms with Crippen LogP contribution >= 0.6 is 0 Å². The number of aryl methyl sites for hydroxylation is 1. The average molecular weight is 266 g/mol. The summed E-state index contributed by atoms with van der Waals surface area (Å²) in [6, 6.07) is 14.2. The fourth-order valence-electron chi connectivity index (χ4n) is 2.44. The molecule has 0 saturated carbocycles. The van der Waals surface area contributed by atoms with E-state index in [9.17, 15) is 5.11 Å². The smallest absolute Gasteiger partial charge is 0.107 e. The van der Waals surface area contributed by atoms with Crippen molar-refractivity contribution in [2.75, 3.05) is 0 Å². The lowest BCUT2D eigenvalue weighted by atomic mass is 10.0. The number of hydrogen-bond donors (Lipinski definition) is 1. The van der Waals surface area contributed by atoms with Crippen molar-refractivity contribution in [3.05, 3.63) is 66.0 Å². The van der Waals surface area contributed by atoms with Gasteiger partial charge in [-0.05, 0) is 28.8 Å². The summed E-state index contributed by atoms with van der Waals surface area (Å²) in [6.45, 7) is 2.99. The van der Waals surface area contributed by atoms with Crippen LogP contribution in [-0.2, 0) is 6.54 Å². The lowest BCUT2D eigenvalue weighted by Gasteiger charge is -2.10. The quantitative estimate of drug-likeness (QED) is 0.784. The Balaban J connectivity index is 1.92. The molecular formula is C17H18N2O. The summed E-state index contributed by atoms with van der Waals surface area (Å²) in [4.78, 5) is 0. The van der Waals surface area contributed by atoms with Crippen LogP contribution in [0.3, 0.4) is 0 Å². The Hall–Kier alpha value is -2.13. The van der Waals surface area contributed by atoms with Gasteiger partial charge in [-0.1, -0.05) is 43.3 Å². The fraction of sp³-hybridized carbons (Fsp3) is 0.235. The van der Waals surface area contributed by atoms with E-state index >= 15 is 0 Å². The second kappa shape index (κ2) is 5.47. The molecule has 3 aromatic rings. The van der Waals surface area contributed by atoms with Crippen molar-refractivity contribution in [2.24, 2.45) is 0 Å². The first-order chi connectivity index (χ1) is 9.78. The second-order valence-electron chi connectivity index (χ2n) is 5.05. The highest BCUT2D eigenvalue weighted by Crippen LogP contribution is 2.25. The molecule has 1 heterocycles. The molecule has 0 aliphatic rings. The van der Waals surface area contributed by atoms with Crippen LogP contribution in [0.15, 0.2) is 54.9 Å². The lowest BCUT2D eigenvalue weighted by molar-refractivity contribution is 0.220. The van der Waals surface area contributed by atoms with Gasteiger partial charge in [0.1, 0.15) is 6.10 Å². The van der Waals surface area contributed by atoms with E-state index in [1.165, 1.54) is 5.39 Å². The maximum Gasteiger partial charge on any atom is 0.107 e. The van der Waals surface area contributed by atoms with Gasteiger partial charge in [-0.15, -0.1) is 0 Å². The standard InChI is InChI=1S/C17H18N2O/c1-2-9-19-12-16(11-18-19)17(20)15-8-7-13-5-3-4-6-14(13)10-15/h3-8,10-12,17,20H,2,9H2,1H3. The van der Waals surface area contributed by atoms with Crippen LogP contribution in [-0.4, -0.2) is 14.9 Å². The molecule has 1 aromatic heterocycles. The van der Waals surface area contributed by atoms with Crippen molar-refractivity contribution in [3.63, 3.8) is 0 Å². The normalized spacial score (nSPS) is 12.7. The third-order valence-corrected chi connectivity index (χ3v) is 3.51. The van der Waals surface area contributed by atoms with Crippen molar-refractivity contribution in [1.82, 2.24) is 9.78 Å². The molecule has 0 bridgehead atoms. The topological polar surface area (TPSA) is 38.0 Å². The van der Waals surface area contributed by atoms with Gasteiger partial charge in [0, 0.05) is 18.3 Å². The Morgan fingerprint density at radius 2 is 1.90 bits per heavy atom. The molecule has 0 spiro atoms. The molecule has 0 aliphatic carbocycles. The Morgan fingerprint density at radius 1 is 1.10 bits per heavy atom. The van der Waals surface area contributed by atoms with Crippen LogP contribution in [0, 0.1) is 0 Å². The summed E-state index contributed by atoms with van der Waals surface area (Å²) in [5, 5.41) is 17.1. The zero-order valence-corrected chi connectivity index (χ0v) is 11.5. The Morgan fingerprint density at radius 3 is 2.70 bits per heavy atom. The molecular weight excluding hydrogens is 248 g/mol. The fourth-order valence-corrected chi connectivity index (χ4v) is 2.44. The van der Waals surface area contributed by atoms with Crippen LogP contribution in [0.4, 0.5) is 0 Å². The molecule has 0 radical (unpaired) electrons. The molecule has 0 aliphatic heterocycles. The third-order valence-electron chi connectivity index (χ3n) is 3.51. The molecule has 20 heavy (non-hydrogen) atoms.